The maximum Gasteiger partial charge on any atom is 0.317 e. The molecular formula is C13H21N3OS. The van der Waals surface area contributed by atoms with Crippen molar-refractivity contribution in [2.75, 3.05) is 19.6 Å². The fourth-order valence-electron chi connectivity index (χ4n) is 2.31. The number of likely N-dealkylation sites (tertiary alicyclic amines) is 1. The van der Waals surface area contributed by atoms with E-state index in [2.05, 4.69) is 34.4 Å². The molecule has 1 saturated heterocycles. The van der Waals surface area contributed by atoms with Gasteiger partial charge >= 0.3 is 6.03 Å². The Bertz CT molecular complexity index is 380. The summed E-state index contributed by atoms with van der Waals surface area (Å²) < 4.78 is 0. The van der Waals surface area contributed by atoms with Crippen molar-refractivity contribution in [1.82, 2.24) is 15.5 Å². The summed E-state index contributed by atoms with van der Waals surface area (Å²) in [4.78, 5) is 13.6. The zero-order chi connectivity index (χ0) is 13.0. The third-order valence-electron chi connectivity index (χ3n) is 3.33. The minimum Gasteiger partial charge on any atom is -0.338 e. The molecule has 5 heteroatoms. The molecular weight excluding hydrogens is 246 g/mol. The first-order chi connectivity index (χ1) is 8.70. The average Bonchev–Trinajstić information content (AvgIpc) is 2.99. The standard InChI is InChI=1S/C13H21N3OS/c1-3-14-13(17)16-6-4-12(8-16)15-10(2)11-5-7-18-9-11/h5,7,9-10,12,15H,3-4,6,8H2,1-2H3,(H,14,17)/t10-,12+/m0/s1. The van der Waals surface area contributed by atoms with Gasteiger partial charge in [-0.25, -0.2) is 4.79 Å². The number of hydrogen-bond acceptors (Lipinski definition) is 3. The van der Waals surface area contributed by atoms with Crippen LogP contribution in [-0.2, 0) is 0 Å². The van der Waals surface area contributed by atoms with E-state index in [0.717, 1.165) is 19.5 Å². The van der Waals surface area contributed by atoms with Gasteiger partial charge in [0.2, 0.25) is 0 Å². The molecule has 1 aromatic heterocycles. The van der Waals surface area contributed by atoms with Crippen molar-refractivity contribution in [2.45, 2.75) is 32.4 Å². The molecule has 2 heterocycles. The molecule has 100 valence electrons. The number of thiophene rings is 1. The number of nitrogens with zero attached hydrogens (tertiary/aromatic N) is 1. The van der Waals surface area contributed by atoms with Crippen molar-refractivity contribution >= 4 is 17.4 Å². The topological polar surface area (TPSA) is 44.4 Å². The fraction of sp³-hybridized carbons (Fsp3) is 0.615. The first kappa shape index (κ1) is 13.4. The van der Waals surface area contributed by atoms with E-state index in [-0.39, 0.29) is 6.03 Å². The normalized spacial score (nSPS) is 21.0. The molecule has 4 nitrogen and oxygen atoms in total. The van der Waals surface area contributed by atoms with Gasteiger partial charge in [0.25, 0.3) is 0 Å². The molecule has 0 aliphatic carbocycles. The van der Waals surface area contributed by atoms with Gasteiger partial charge < -0.3 is 15.5 Å². The Morgan fingerprint density at radius 1 is 1.67 bits per heavy atom. The molecule has 1 aliphatic heterocycles. The number of rotatable bonds is 4. The Labute approximate surface area is 112 Å². The molecule has 0 aromatic carbocycles. The van der Waals surface area contributed by atoms with Crippen molar-refractivity contribution in [3.8, 4) is 0 Å². The molecule has 1 fully saturated rings. The van der Waals surface area contributed by atoms with Crippen LogP contribution in [0.5, 0.6) is 0 Å². The molecule has 0 bridgehead atoms. The zero-order valence-corrected chi connectivity index (χ0v) is 11.8. The molecule has 0 saturated carbocycles. The zero-order valence-electron chi connectivity index (χ0n) is 11.0. The van der Waals surface area contributed by atoms with Crippen molar-refractivity contribution in [1.29, 1.82) is 0 Å². The van der Waals surface area contributed by atoms with Crippen molar-refractivity contribution in [3.05, 3.63) is 22.4 Å². The second-order valence-electron chi connectivity index (χ2n) is 4.71. The molecule has 2 rings (SSSR count). The highest BCUT2D eigenvalue weighted by Crippen LogP contribution is 2.18. The molecule has 2 atom stereocenters. The quantitative estimate of drug-likeness (QED) is 0.878. The summed E-state index contributed by atoms with van der Waals surface area (Å²) in [6.45, 7) is 6.47. The molecule has 0 spiro atoms. The van der Waals surface area contributed by atoms with Crippen LogP contribution in [0.3, 0.4) is 0 Å². The lowest BCUT2D eigenvalue weighted by Crippen LogP contribution is -2.41. The van der Waals surface area contributed by atoms with E-state index in [1.54, 1.807) is 11.3 Å². The lowest BCUT2D eigenvalue weighted by molar-refractivity contribution is 0.208. The van der Waals surface area contributed by atoms with Crippen LogP contribution < -0.4 is 10.6 Å². The monoisotopic (exact) mass is 267 g/mol. The summed E-state index contributed by atoms with van der Waals surface area (Å²) >= 11 is 1.72. The van der Waals surface area contributed by atoms with Crippen LogP contribution in [0, 0.1) is 0 Å². The minimum absolute atomic E-state index is 0.0602. The molecule has 2 N–H and O–H groups in total. The SMILES string of the molecule is CCNC(=O)N1CC[C@@H](N[C@@H](C)c2ccsc2)C1. The van der Waals surface area contributed by atoms with E-state index in [4.69, 9.17) is 0 Å². The highest BCUT2D eigenvalue weighted by atomic mass is 32.1. The second-order valence-corrected chi connectivity index (χ2v) is 5.49. The number of hydrogen-bond donors (Lipinski definition) is 2. The van der Waals surface area contributed by atoms with E-state index in [1.165, 1.54) is 5.56 Å². The average molecular weight is 267 g/mol. The van der Waals surface area contributed by atoms with Gasteiger partial charge in [0, 0.05) is 31.7 Å². The van der Waals surface area contributed by atoms with Crippen LogP contribution in [0.2, 0.25) is 0 Å². The number of carbonyl (C=O) groups excluding carboxylic acids is 1. The highest BCUT2D eigenvalue weighted by Gasteiger charge is 2.26. The Morgan fingerprint density at radius 2 is 2.50 bits per heavy atom. The van der Waals surface area contributed by atoms with Crippen LogP contribution in [0.1, 0.15) is 31.9 Å². The molecule has 2 amide bonds. The van der Waals surface area contributed by atoms with Gasteiger partial charge in [-0.15, -0.1) is 0 Å². The molecule has 1 aromatic rings. The largest absolute Gasteiger partial charge is 0.338 e. The summed E-state index contributed by atoms with van der Waals surface area (Å²) in [6, 6.07) is 2.97. The Hall–Kier alpha value is -1.07. The predicted molar refractivity (Wildman–Crippen MR) is 74.9 cm³/mol. The van der Waals surface area contributed by atoms with E-state index in [9.17, 15) is 4.79 Å². The predicted octanol–water partition coefficient (Wildman–Crippen LogP) is 2.20. The van der Waals surface area contributed by atoms with Gasteiger partial charge in [0.05, 0.1) is 0 Å². The van der Waals surface area contributed by atoms with Crippen LogP contribution in [0.4, 0.5) is 4.79 Å². The maximum atomic E-state index is 11.7. The third kappa shape index (κ3) is 3.23. The lowest BCUT2D eigenvalue weighted by Gasteiger charge is -2.20. The van der Waals surface area contributed by atoms with Crippen LogP contribution >= 0.6 is 11.3 Å². The van der Waals surface area contributed by atoms with E-state index in [0.29, 0.717) is 18.6 Å². The van der Waals surface area contributed by atoms with E-state index in [1.807, 2.05) is 11.8 Å². The lowest BCUT2D eigenvalue weighted by atomic mass is 10.1. The van der Waals surface area contributed by atoms with E-state index >= 15 is 0 Å². The highest BCUT2D eigenvalue weighted by molar-refractivity contribution is 7.07. The van der Waals surface area contributed by atoms with Crippen molar-refractivity contribution < 1.29 is 4.79 Å². The Morgan fingerprint density at radius 3 is 3.17 bits per heavy atom. The molecule has 0 unspecified atom stereocenters. The van der Waals surface area contributed by atoms with E-state index < -0.39 is 0 Å². The van der Waals surface area contributed by atoms with Gasteiger partial charge in [0.15, 0.2) is 0 Å². The number of urea groups is 1. The van der Waals surface area contributed by atoms with Gasteiger partial charge in [0.1, 0.15) is 0 Å². The van der Waals surface area contributed by atoms with Crippen molar-refractivity contribution in [3.63, 3.8) is 0 Å². The first-order valence-electron chi connectivity index (χ1n) is 6.51. The summed E-state index contributed by atoms with van der Waals surface area (Å²) in [5, 5.41) is 10.7. The van der Waals surface area contributed by atoms with Crippen LogP contribution in [0.15, 0.2) is 16.8 Å². The Balaban J connectivity index is 1.81. The molecule has 1 aliphatic rings. The van der Waals surface area contributed by atoms with Gasteiger partial charge in [-0.2, -0.15) is 11.3 Å². The third-order valence-corrected chi connectivity index (χ3v) is 4.03. The second kappa shape index (κ2) is 6.20. The smallest absolute Gasteiger partial charge is 0.317 e. The van der Waals surface area contributed by atoms with Gasteiger partial charge in [-0.3, -0.25) is 0 Å². The first-order valence-corrected chi connectivity index (χ1v) is 7.46. The van der Waals surface area contributed by atoms with Crippen molar-refractivity contribution in [2.24, 2.45) is 0 Å². The minimum atomic E-state index is 0.0602. The number of carbonyl (C=O) groups is 1. The van der Waals surface area contributed by atoms with Crippen LogP contribution in [0.25, 0.3) is 0 Å². The fourth-order valence-corrected chi connectivity index (χ4v) is 3.07. The van der Waals surface area contributed by atoms with Gasteiger partial charge in [-0.1, -0.05) is 0 Å². The Kier molecular flexibility index (Phi) is 4.60. The molecule has 18 heavy (non-hydrogen) atoms. The maximum absolute atomic E-state index is 11.7. The molecule has 0 radical (unpaired) electrons. The summed E-state index contributed by atoms with van der Waals surface area (Å²) in [5.74, 6) is 0. The summed E-state index contributed by atoms with van der Waals surface area (Å²) in [5.41, 5.74) is 1.33. The summed E-state index contributed by atoms with van der Waals surface area (Å²) in [7, 11) is 0. The summed E-state index contributed by atoms with van der Waals surface area (Å²) in [6.07, 6.45) is 1.03. The number of nitrogens with one attached hydrogen (secondary N) is 2. The van der Waals surface area contributed by atoms with Gasteiger partial charge in [-0.05, 0) is 42.7 Å². The van der Waals surface area contributed by atoms with Crippen LogP contribution in [-0.4, -0.2) is 36.6 Å². The number of amides is 2.